The van der Waals surface area contributed by atoms with Crippen molar-refractivity contribution in [3.63, 3.8) is 0 Å². The van der Waals surface area contributed by atoms with Crippen molar-refractivity contribution in [3.8, 4) is 0 Å². The van der Waals surface area contributed by atoms with Crippen LogP contribution in [0.25, 0.3) is 21.7 Å². The number of fused-ring (bicyclic) bond motifs is 3. The van der Waals surface area contributed by atoms with E-state index in [-0.39, 0.29) is 0 Å². The second-order valence-corrected chi connectivity index (χ2v) is 4.30. The zero-order chi connectivity index (χ0) is 11.1. The molecule has 78 valence electrons. The van der Waals surface area contributed by atoms with Crippen LogP contribution >= 0.6 is 0 Å². The van der Waals surface area contributed by atoms with Gasteiger partial charge in [0.25, 0.3) is 0 Å². The number of hydrogen-bond acceptors (Lipinski definition) is 0. The van der Waals surface area contributed by atoms with Crippen LogP contribution in [0.15, 0.2) is 48.7 Å². The Morgan fingerprint density at radius 2 is 1.62 bits per heavy atom. The largest absolute Gasteiger partial charge is 0.220 e. The predicted octanol–water partition coefficient (Wildman–Crippen LogP) is 3.13. The van der Waals surface area contributed by atoms with Crippen molar-refractivity contribution < 1.29 is 4.57 Å². The SMILES string of the molecule is Cc1cccc2ccc3ccc[n+](C)c3c12. The molecule has 1 heteroatoms. The van der Waals surface area contributed by atoms with Gasteiger partial charge in [0.1, 0.15) is 7.05 Å². The summed E-state index contributed by atoms with van der Waals surface area (Å²) in [5.74, 6) is 0. The summed E-state index contributed by atoms with van der Waals surface area (Å²) in [7, 11) is 2.11. The van der Waals surface area contributed by atoms with Crippen molar-refractivity contribution >= 4 is 21.7 Å². The molecule has 2 aromatic carbocycles. The molecule has 1 nitrogen and oxygen atoms in total. The average molecular weight is 208 g/mol. The number of nitrogens with zero attached hydrogens (tertiary/aromatic N) is 1. The van der Waals surface area contributed by atoms with E-state index in [9.17, 15) is 0 Å². The lowest BCUT2D eigenvalue weighted by Gasteiger charge is -2.04. The molecule has 1 aromatic heterocycles. The van der Waals surface area contributed by atoms with Gasteiger partial charge in [-0.3, -0.25) is 0 Å². The highest BCUT2D eigenvalue weighted by atomic mass is 14.9. The summed E-state index contributed by atoms with van der Waals surface area (Å²) >= 11 is 0. The maximum Gasteiger partial charge on any atom is 0.220 e. The van der Waals surface area contributed by atoms with Gasteiger partial charge in [-0.1, -0.05) is 24.3 Å². The Labute approximate surface area is 95.0 Å². The van der Waals surface area contributed by atoms with Gasteiger partial charge in [0, 0.05) is 11.5 Å². The first-order chi connectivity index (χ1) is 7.77. The van der Waals surface area contributed by atoms with Crippen LogP contribution in [0.2, 0.25) is 0 Å². The Hall–Kier alpha value is -1.89. The predicted molar refractivity (Wildman–Crippen MR) is 67.4 cm³/mol. The highest BCUT2D eigenvalue weighted by Gasteiger charge is 2.10. The lowest BCUT2D eigenvalue weighted by Crippen LogP contribution is -2.28. The molecule has 3 rings (SSSR count). The van der Waals surface area contributed by atoms with Crippen LogP contribution in [-0.4, -0.2) is 0 Å². The quantitative estimate of drug-likeness (QED) is 0.395. The molecule has 0 radical (unpaired) electrons. The summed E-state index contributed by atoms with van der Waals surface area (Å²) in [5.41, 5.74) is 2.66. The van der Waals surface area contributed by atoms with E-state index in [1.165, 1.54) is 27.2 Å². The zero-order valence-corrected chi connectivity index (χ0v) is 9.57. The van der Waals surface area contributed by atoms with Crippen molar-refractivity contribution in [1.82, 2.24) is 0 Å². The Bertz CT molecular complexity index is 623. The minimum atomic E-state index is 1.30. The van der Waals surface area contributed by atoms with Crippen molar-refractivity contribution in [1.29, 1.82) is 0 Å². The van der Waals surface area contributed by atoms with Crippen LogP contribution in [0, 0.1) is 6.92 Å². The minimum absolute atomic E-state index is 1.30. The molecule has 0 saturated heterocycles. The molecule has 0 bridgehead atoms. The van der Waals surface area contributed by atoms with Gasteiger partial charge in [-0.15, -0.1) is 0 Å². The standard InChI is InChI=1S/C15H14N/c1-11-5-3-6-12-8-9-13-7-4-10-16(2)15(13)14(11)12/h3-10H,1-2H3/q+1. The molecule has 0 N–H and O–H groups in total. The fourth-order valence-corrected chi connectivity index (χ4v) is 2.42. The third-order valence-corrected chi connectivity index (χ3v) is 3.20. The normalized spacial score (nSPS) is 11.1. The first-order valence-electron chi connectivity index (χ1n) is 5.54. The van der Waals surface area contributed by atoms with E-state index < -0.39 is 0 Å². The van der Waals surface area contributed by atoms with Gasteiger partial charge < -0.3 is 0 Å². The maximum absolute atomic E-state index is 2.20. The van der Waals surface area contributed by atoms with E-state index in [2.05, 4.69) is 67.2 Å². The molecule has 16 heavy (non-hydrogen) atoms. The minimum Gasteiger partial charge on any atom is -0.200 e. The van der Waals surface area contributed by atoms with E-state index >= 15 is 0 Å². The number of rotatable bonds is 0. The Morgan fingerprint density at radius 3 is 2.50 bits per heavy atom. The summed E-state index contributed by atoms with van der Waals surface area (Å²) < 4.78 is 2.20. The molecule has 1 heterocycles. The Balaban J connectivity index is 2.67. The van der Waals surface area contributed by atoms with Crippen LogP contribution in [0.4, 0.5) is 0 Å². The second-order valence-electron chi connectivity index (χ2n) is 4.30. The average Bonchev–Trinajstić information content (AvgIpc) is 2.29. The van der Waals surface area contributed by atoms with Crippen molar-refractivity contribution in [3.05, 3.63) is 54.2 Å². The van der Waals surface area contributed by atoms with Crippen LogP contribution in [0.3, 0.4) is 0 Å². The van der Waals surface area contributed by atoms with E-state index in [0.29, 0.717) is 0 Å². The molecule has 0 aliphatic heterocycles. The first kappa shape index (κ1) is 9.34. The van der Waals surface area contributed by atoms with Gasteiger partial charge >= 0.3 is 0 Å². The topological polar surface area (TPSA) is 3.88 Å². The number of pyridine rings is 1. The fraction of sp³-hybridized carbons (Fsp3) is 0.133. The fourth-order valence-electron chi connectivity index (χ4n) is 2.42. The van der Waals surface area contributed by atoms with E-state index in [1.807, 2.05) is 0 Å². The Kier molecular flexibility index (Phi) is 1.93. The van der Waals surface area contributed by atoms with Gasteiger partial charge in [0.15, 0.2) is 6.20 Å². The van der Waals surface area contributed by atoms with Crippen molar-refractivity contribution in [2.45, 2.75) is 6.92 Å². The van der Waals surface area contributed by atoms with Gasteiger partial charge in [-0.2, -0.15) is 0 Å². The number of hydrogen-bond donors (Lipinski definition) is 0. The highest BCUT2D eigenvalue weighted by molar-refractivity contribution is 6.05. The molecule has 0 aliphatic rings. The van der Waals surface area contributed by atoms with Crippen LogP contribution in [0.5, 0.6) is 0 Å². The number of aryl methyl sites for hydroxylation is 2. The first-order valence-corrected chi connectivity index (χ1v) is 5.54. The summed E-state index contributed by atoms with van der Waals surface area (Å²) in [6.45, 7) is 2.18. The molecule has 0 amide bonds. The second kappa shape index (κ2) is 3.31. The molecular weight excluding hydrogens is 194 g/mol. The summed E-state index contributed by atoms with van der Waals surface area (Å²) in [4.78, 5) is 0. The molecule has 0 aliphatic carbocycles. The van der Waals surface area contributed by atoms with E-state index in [0.717, 1.165) is 0 Å². The molecule has 3 aromatic rings. The summed E-state index contributed by atoms with van der Waals surface area (Å²) in [5, 5.41) is 3.98. The monoisotopic (exact) mass is 208 g/mol. The van der Waals surface area contributed by atoms with E-state index in [1.54, 1.807) is 0 Å². The lowest BCUT2D eigenvalue weighted by molar-refractivity contribution is -0.644. The third kappa shape index (κ3) is 1.21. The molecular formula is C15H14N+. The van der Waals surface area contributed by atoms with Crippen molar-refractivity contribution in [2.24, 2.45) is 7.05 Å². The third-order valence-electron chi connectivity index (χ3n) is 3.20. The Morgan fingerprint density at radius 1 is 0.875 bits per heavy atom. The molecule has 0 fully saturated rings. The van der Waals surface area contributed by atoms with Crippen LogP contribution < -0.4 is 4.57 Å². The number of aromatic nitrogens is 1. The van der Waals surface area contributed by atoms with E-state index in [4.69, 9.17) is 0 Å². The molecule has 0 spiro atoms. The van der Waals surface area contributed by atoms with Crippen LogP contribution in [0.1, 0.15) is 5.56 Å². The molecule has 0 atom stereocenters. The van der Waals surface area contributed by atoms with Crippen molar-refractivity contribution in [2.75, 3.05) is 0 Å². The summed E-state index contributed by atoms with van der Waals surface area (Å²) in [6.07, 6.45) is 2.11. The van der Waals surface area contributed by atoms with Gasteiger partial charge in [0.05, 0.1) is 5.39 Å². The van der Waals surface area contributed by atoms with Gasteiger partial charge in [-0.25, -0.2) is 4.57 Å². The smallest absolute Gasteiger partial charge is 0.200 e. The molecule has 0 unspecified atom stereocenters. The maximum atomic E-state index is 2.20. The van der Waals surface area contributed by atoms with Crippen LogP contribution in [-0.2, 0) is 7.05 Å². The van der Waals surface area contributed by atoms with Gasteiger partial charge in [-0.05, 0) is 30.0 Å². The van der Waals surface area contributed by atoms with Gasteiger partial charge in [0.2, 0.25) is 5.52 Å². The number of benzene rings is 2. The lowest BCUT2D eigenvalue weighted by atomic mass is 10.0. The molecule has 0 saturated carbocycles. The zero-order valence-electron chi connectivity index (χ0n) is 9.57. The summed E-state index contributed by atoms with van der Waals surface area (Å²) in [6, 6.07) is 15.1. The highest BCUT2D eigenvalue weighted by Crippen LogP contribution is 2.25.